The Kier molecular flexibility index (Phi) is 5.39. The lowest BCUT2D eigenvalue weighted by Crippen LogP contribution is -2.48. The fraction of sp³-hybridized carbons (Fsp3) is 1.00. The van der Waals surface area contributed by atoms with Crippen molar-refractivity contribution >= 4 is 11.8 Å². The molecule has 90 valence electrons. The highest BCUT2D eigenvalue weighted by atomic mass is 32.2. The van der Waals surface area contributed by atoms with Crippen molar-refractivity contribution in [3.05, 3.63) is 0 Å². The number of rotatable bonds is 4. The largest absolute Gasteiger partial charge is 0.375 e. The zero-order valence-corrected chi connectivity index (χ0v) is 10.9. The Morgan fingerprint density at radius 2 is 2.27 bits per heavy atom. The second-order valence-electron chi connectivity index (χ2n) is 5.36. The second-order valence-corrected chi connectivity index (χ2v) is 6.51. The first-order valence-electron chi connectivity index (χ1n) is 5.68. The van der Waals surface area contributed by atoms with Crippen LogP contribution in [0.15, 0.2) is 0 Å². The lowest BCUT2D eigenvalue weighted by Gasteiger charge is -2.31. The monoisotopic (exact) mass is 232 g/mol. The van der Waals surface area contributed by atoms with Gasteiger partial charge in [0.1, 0.15) is 0 Å². The van der Waals surface area contributed by atoms with Gasteiger partial charge in [-0.05, 0) is 18.3 Å². The van der Waals surface area contributed by atoms with Crippen molar-refractivity contribution in [2.45, 2.75) is 45.8 Å². The van der Waals surface area contributed by atoms with Crippen LogP contribution in [0.5, 0.6) is 0 Å². The van der Waals surface area contributed by atoms with Crippen molar-refractivity contribution in [3.8, 4) is 0 Å². The maximum atomic E-state index is 5.73. The van der Waals surface area contributed by atoms with Gasteiger partial charge in [-0.1, -0.05) is 20.8 Å². The predicted octanol–water partition coefficient (Wildman–Crippen LogP) is 1.78. The summed E-state index contributed by atoms with van der Waals surface area (Å²) in [5.74, 6) is 7.78. The van der Waals surface area contributed by atoms with Crippen LogP contribution in [0, 0.1) is 5.41 Å². The summed E-state index contributed by atoms with van der Waals surface area (Å²) < 4.78 is 5.73. The van der Waals surface area contributed by atoms with Gasteiger partial charge in [-0.25, -0.2) is 0 Å². The van der Waals surface area contributed by atoms with Crippen LogP contribution >= 0.6 is 11.8 Å². The highest BCUT2D eigenvalue weighted by Gasteiger charge is 2.25. The van der Waals surface area contributed by atoms with E-state index < -0.39 is 0 Å². The maximum absolute atomic E-state index is 5.73. The van der Waals surface area contributed by atoms with E-state index in [-0.39, 0.29) is 6.10 Å². The van der Waals surface area contributed by atoms with E-state index in [1.54, 1.807) is 0 Å². The SMILES string of the molecule is CC(C)(C)CCC(NN)C1CSCCO1. The summed E-state index contributed by atoms with van der Waals surface area (Å²) in [5, 5.41) is 0. The number of hydrazine groups is 1. The Balaban J connectivity index is 2.34. The van der Waals surface area contributed by atoms with Crippen molar-refractivity contribution in [2.75, 3.05) is 18.1 Å². The number of nitrogens with two attached hydrogens (primary N) is 1. The summed E-state index contributed by atoms with van der Waals surface area (Å²) in [6.45, 7) is 7.65. The van der Waals surface area contributed by atoms with E-state index in [4.69, 9.17) is 10.6 Å². The molecule has 0 aromatic carbocycles. The third-order valence-corrected chi connectivity index (χ3v) is 3.73. The first kappa shape index (κ1) is 13.3. The van der Waals surface area contributed by atoms with E-state index in [0.717, 1.165) is 24.5 Å². The molecule has 0 radical (unpaired) electrons. The molecule has 0 spiro atoms. The van der Waals surface area contributed by atoms with E-state index >= 15 is 0 Å². The fourth-order valence-electron chi connectivity index (χ4n) is 1.70. The Labute approximate surface area is 97.5 Å². The van der Waals surface area contributed by atoms with Gasteiger partial charge in [0, 0.05) is 17.5 Å². The molecule has 1 aliphatic heterocycles. The van der Waals surface area contributed by atoms with Gasteiger partial charge >= 0.3 is 0 Å². The van der Waals surface area contributed by atoms with Crippen molar-refractivity contribution in [1.29, 1.82) is 0 Å². The quantitative estimate of drug-likeness (QED) is 0.573. The molecule has 3 N–H and O–H groups in total. The molecule has 3 nitrogen and oxygen atoms in total. The molecular formula is C11H24N2OS. The molecule has 1 saturated heterocycles. The van der Waals surface area contributed by atoms with Crippen molar-refractivity contribution < 1.29 is 4.74 Å². The molecule has 1 aliphatic rings. The van der Waals surface area contributed by atoms with E-state index in [9.17, 15) is 0 Å². The molecule has 0 aromatic rings. The molecule has 1 rings (SSSR count). The summed E-state index contributed by atoms with van der Waals surface area (Å²) in [7, 11) is 0. The Hall–Kier alpha value is 0.230. The lowest BCUT2D eigenvalue weighted by molar-refractivity contribution is 0.0418. The van der Waals surface area contributed by atoms with E-state index in [2.05, 4.69) is 26.2 Å². The average Bonchev–Trinajstić information content (AvgIpc) is 2.19. The molecule has 2 unspecified atom stereocenters. The first-order chi connectivity index (χ1) is 7.03. The van der Waals surface area contributed by atoms with E-state index in [1.165, 1.54) is 6.42 Å². The van der Waals surface area contributed by atoms with Crippen LogP contribution in [0.3, 0.4) is 0 Å². The summed E-state index contributed by atoms with van der Waals surface area (Å²) in [4.78, 5) is 0. The third kappa shape index (κ3) is 5.20. The highest BCUT2D eigenvalue weighted by molar-refractivity contribution is 7.99. The highest BCUT2D eigenvalue weighted by Crippen LogP contribution is 2.24. The van der Waals surface area contributed by atoms with Crippen LogP contribution in [0.25, 0.3) is 0 Å². The van der Waals surface area contributed by atoms with Gasteiger partial charge in [-0.3, -0.25) is 11.3 Å². The van der Waals surface area contributed by atoms with E-state index in [1.807, 2.05) is 11.8 Å². The first-order valence-corrected chi connectivity index (χ1v) is 6.84. The van der Waals surface area contributed by atoms with Crippen molar-refractivity contribution in [3.63, 3.8) is 0 Å². The molecule has 1 fully saturated rings. The van der Waals surface area contributed by atoms with Gasteiger partial charge in [0.05, 0.1) is 12.7 Å². The smallest absolute Gasteiger partial charge is 0.0832 e. The minimum absolute atomic E-state index is 0.288. The molecule has 0 aromatic heterocycles. The summed E-state index contributed by atoms with van der Waals surface area (Å²) >= 11 is 1.96. The Morgan fingerprint density at radius 1 is 1.53 bits per heavy atom. The van der Waals surface area contributed by atoms with E-state index in [0.29, 0.717) is 11.5 Å². The van der Waals surface area contributed by atoms with Gasteiger partial charge < -0.3 is 4.74 Å². The zero-order valence-electron chi connectivity index (χ0n) is 10.1. The Bertz CT molecular complexity index is 176. The third-order valence-electron chi connectivity index (χ3n) is 2.71. The number of nitrogens with one attached hydrogen (secondary N) is 1. The number of thioether (sulfide) groups is 1. The molecule has 4 heteroatoms. The standard InChI is InChI=1S/C11H24N2OS/c1-11(2,3)5-4-9(13-12)10-8-15-7-6-14-10/h9-10,13H,4-8,12H2,1-3H3. The Morgan fingerprint density at radius 3 is 2.73 bits per heavy atom. The second kappa shape index (κ2) is 6.09. The van der Waals surface area contributed by atoms with Crippen LogP contribution in [0.4, 0.5) is 0 Å². The van der Waals surface area contributed by atoms with Crippen molar-refractivity contribution in [2.24, 2.45) is 11.3 Å². The van der Waals surface area contributed by atoms with Crippen LogP contribution in [-0.4, -0.2) is 30.3 Å². The summed E-state index contributed by atoms with van der Waals surface area (Å²) in [6.07, 6.45) is 2.55. The van der Waals surface area contributed by atoms with Gasteiger partial charge in [-0.15, -0.1) is 0 Å². The van der Waals surface area contributed by atoms with Crippen molar-refractivity contribution in [1.82, 2.24) is 5.43 Å². The van der Waals surface area contributed by atoms with Crippen LogP contribution in [-0.2, 0) is 4.74 Å². The van der Waals surface area contributed by atoms with Gasteiger partial charge in [0.25, 0.3) is 0 Å². The molecular weight excluding hydrogens is 208 g/mol. The van der Waals surface area contributed by atoms with Gasteiger partial charge in [0.2, 0.25) is 0 Å². The van der Waals surface area contributed by atoms with Crippen LogP contribution < -0.4 is 11.3 Å². The minimum atomic E-state index is 0.288. The molecule has 0 aliphatic carbocycles. The zero-order chi connectivity index (χ0) is 11.3. The number of hydrogen-bond donors (Lipinski definition) is 2. The summed E-state index contributed by atoms with van der Waals surface area (Å²) in [6, 6.07) is 0.303. The van der Waals surface area contributed by atoms with Gasteiger partial charge in [-0.2, -0.15) is 11.8 Å². The molecule has 2 atom stereocenters. The molecule has 0 amide bonds. The predicted molar refractivity (Wildman–Crippen MR) is 66.9 cm³/mol. The lowest BCUT2D eigenvalue weighted by atomic mass is 9.88. The minimum Gasteiger partial charge on any atom is -0.375 e. The molecule has 15 heavy (non-hydrogen) atoms. The number of ether oxygens (including phenoxy) is 1. The average molecular weight is 232 g/mol. The van der Waals surface area contributed by atoms with Crippen LogP contribution in [0.1, 0.15) is 33.6 Å². The molecule has 1 heterocycles. The maximum Gasteiger partial charge on any atom is 0.0832 e. The van der Waals surface area contributed by atoms with Gasteiger partial charge in [0.15, 0.2) is 0 Å². The number of hydrogen-bond acceptors (Lipinski definition) is 4. The molecule has 0 saturated carbocycles. The molecule has 0 bridgehead atoms. The normalized spacial score (nSPS) is 25.2. The summed E-state index contributed by atoms with van der Waals surface area (Å²) in [5.41, 5.74) is 3.28. The fourth-order valence-corrected chi connectivity index (χ4v) is 2.64. The van der Waals surface area contributed by atoms with Crippen LogP contribution in [0.2, 0.25) is 0 Å². The topological polar surface area (TPSA) is 47.3 Å².